The highest BCUT2D eigenvalue weighted by Crippen LogP contribution is 2.34. The summed E-state index contributed by atoms with van der Waals surface area (Å²) in [6.45, 7) is 6.07. The lowest BCUT2D eigenvalue weighted by molar-refractivity contribution is -0.141. The third kappa shape index (κ3) is 2.68. The van der Waals surface area contributed by atoms with E-state index < -0.39 is 17.6 Å². The maximum absolute atomic E-state index is 12.8. The van der Waals surface area contributed by atoms with Gasteiger partial charge in [0.15, 0.2) is 0 Å². The number of hydrogen-bond acceptors (Lipinski definition) is 4. The zero-order valence-electron chi connectivity index (χ0n) is 12.5. The standard InChI is InChI=1S/C13H21N3O4S/c1-4-9-16(8(7-21-9)10(17)18)12(20)15-6-5-14-11(19)13(15,2)3/h8-9H,4-7H2,1-3H3,(H,14,19)(H,17,18). The molecule has 2 N–H and O–H groups in total. The fourth-order valence-corrected chi connectivity index (χ4v) is 4.04. The molecule has 0 bridgehead atoms. The Bertz CT molecular complexity index is 468. The van der Waals surface area contributed by atoms with Gasteiger partial charge in [0.05, 0.1) is 5.37 Å². The Morgan fingerprint density at radius 2 is 2.14 bits per heavy atom. The molecule has 2 saturated heterocycles. The summed E-state index contributed by atoms with van der Waals surface area (Å²) in [7, 11) is 0. The van der Waals surface area contributed by atoms with Gasteiger partial charge in [-0.2, -0.15) is 0 Å². The number of carboxylic acids is 1. The Hall–Kier alpha value is -1.44. The molecule has 3 amide bonds. The number of piperazine rings is 1. The fourth-order valence-electron chi connectivity index (χ4n) is 2.70. The highest BCUT2D eigenvalue weighted by Gasteiger charge is 2.48. The first-order valence-electron chi connectivity index (χ1n) is 7.03. The van der Waals surface area contributed by atoms with E-state index in [1.54, 1.807) is 13.8 Å². The number of nitrogens with zero attached hydrogens (tertiary/aromatic N) is 2. The summed E-state index contributed by atoms with van der Waals surface area (Å²) >= 11 is 1.48. The van der Waals surface area contributed by atoms with Crippen LogP contribution in [0.4, 0.5) is 4.79 Å². The Morgan fingerprint density at radius 3 is 2.71 bits per heavy atom. The summed E-state index contributed by atoms with van der Waals surface area (Å²) in [5, 5.41) is 11.9. The van der Waals surface area contributed by atoms with Crippen LogP contribution in [-0.2, 0) is 9.59 Å². The van der Waals surface area contributed by atoms with Crippen molar-refractivity contribution in [1.82, 2.24) is 15.1 Å². The second-order valence-electron chi connectivity index (χ2n) is 5.71. The molecular weight excluding hydrogens is 294 g/mol. The molecule has 21 heavy (non-hydrogen) atoms. The van der Waals surface area contributed by atoms with E-state index in [1.165, 1.54) is 21.6 Å². The van der Waals surface area contributed by atoms with Crippen molar-refractivity contribution in [3.05, 3.63) is 0 Å². The van der Waals surface area contributed by atoms with Crippen LogP contribution in [0.1, 0.15) is 27.2 Å². The number of thioether (sulfide) groups is 1. The number of carboxylic acid groups (broad SMARTS) is 1. The van der Waals surface area contributed by atoms with Crippen LogP contribution in [0.3, 0.4) is 0 Å². The van der Waals surface area contributed by atoms with Crippen LogP contribution in [0.5, 0.6) is 0 Å². The van der Waals surface area contributed by atoms with Gasteiger partial charge in [-0.25, -0.2) is 9.59 Å². The smallest absolute Gasteiger partial charge is 0.327 e. The monoisotopic (exact) mass is 315 g/mol. The Morgan fingerprint density at radius 1 is 1.48 bits per heavy atom. The molecule has 2 fully saturated rings. The zero-order chi connectivity index (χ0) is 15.8. The van der Waals surface area contributed by atoms with Crippen LogP contribution >= 0.6 is 11.8 Å². The van der Waals surface area contributed by atoms with Gasteiger partial charge in [-0.05, 0) is 20.3 Å². The van der Waals surface area contributed by atoms with Crippen LogP contribution in [-0.4, -0.2) is 68.6 Å². The number of rotatable bonds is 2. The highest BCUT2D eigenvalue weighted by atomic mass is 32.2. The van der Waals surface area contributed by atoms with Crippen LogP contribution in [0.15, 0.2) is 0 Å². The van der Waals surface area contributed by atoms with Crippen LogP contribution in [0.2, 0.25) is 0 Å². The van der Waals surface area contributed by atoms with Crippen molar-refractivity contribution in [2.24, 2.45) is 0 Å². The second kappa shape index (κ2) is 5.75. The van der Waals surface area contributed by atoms with E-state index >= 15 is 0 Å². The Kier molecular flexibility index (Phi) is 4.36. The molecule has 0 aliphatic carbocycles. The van der Waals surface area contributed by atoms with Crippen molar-refractivity contribution in [2.45, 2.75) is 44.1 Å². The quantitative estimate of drug-likeness (QED) is 0.777. The second-order valence-corrected chi connectivity index (χ2v) is 6.92. The lowest BCUT2D eigenvalue weighted by Gasteiger charge is -2.44. The summed E-state index contributed by atoms with van der Waals surface area (Å²) < 4.78 is 0. The lowest BCUT2D eigenvalue weighted by atomic mass is 9.99. The Labute approximate surface area is 128 Å². The third-order valence-electron chi connectivity index (χ3n) is 4.03. The minimum atomic E-state index is -0.994. The maximum Gasteiger partial charge on any atom is 0.327 e. The van der Waals surface area contributed by atoms with Crippen molar-refractivity contribution in [3.8, 4) is 0 Å². The highest BCUT2D eigenvalue weighted by molar-refractivity contribution is 8.00. The van der Waals surface area contributed by atoms with Gasteiger partial charge in [0.2, 0.25) is 5.91 Å². The molecule has 2 unspecified atom stereocenters. The van der Waals surface area contributed by atoms with Gasteiger partial charge in [-0.3, -0.25) is 9.69 Å². The minimum Gasteiger partial charge on any atom is -0.480 e. The van der Waals surface area contributed by atoms with Gasteiger partial charge >= 0.3 is 12.0 Å². The van der Waals surface area contributed by atoms with Gasteiger partial charge in [-0.15, -0.1) is 11.8 Å². The number of carbonyl (C=O) groups is 3. The van der Waals surface area contributed by atoms with Gasteiger partial charge in [0, 0.05) is 18.8 Å². The van der Waals surface area contributed by atoms with E-state index in [0.29, 0.717) is 25.3 Å². The number of carbonyl (C=O) groups excluding carboxylic acids is 2. The molecule has 118 valence electrons. The molecule has 0 aromatic carbocycles. The largest absolute Gasteiger partial charge is 0.480 e. The van der Waals surface area contributed by atoms with Crippen molar-refractivity contribution in [3.63, 3.8) is 0 Å². The van der Waals surface area contributed by atoms with Crippen molar-refractivity contribution < 1.29 is 19.5 Å². The molecular formula is C13H21N3O4S. The van der Waals surface area contributed by atoms with Crippen LogP contribution in [0, 0.1) is 0 Å². The first kappa shape index (κ1) is 15.9. The van der Waals surface area contributed by atoms with E-state index in [0.717, 1.165) is 0 Å². The fraction of sp³-hybridized carbons (Fsp3) is 0.769. The molecule has 2 atom stereocenters. The summed E-state index contributed by atoms with van der Waals surface area (Å²) in [4.78, 5) is 39.1. The number of hydrogen-bond donors (Lipinski definition) is 2. The first-order chi connectivity index (χ1) is 9.80. The van der Waals surface area contributed by atoms with Gasteiger partial charge in [0.1, 0.15) is 11.6 Å². The molecule has 0 aromatic heterocycles. The zero-order valence-corrected chi connectivity index (χ0v) is 13.3. The van der Waals surface area contributed by atoms with Gasteiger partial charge < -0.3 is 15.3 Å². The van der Waals surface area contributed by atoms with E-state index in [1.807, 2.05) is 6.92 Å². The average molecular weight is 315 g/mol. The number of urea groups is 1. The maximum atomic E-state index is 12.8. The Balaban J connectivity index is 2.27. The van der Waals surface area contributed by atoms with Crippen molar-refractivity contribution in [2.75, 3.05) is 18.8 Å². The molecule has 0 saturated carbocycles. The number of nitrogens with one attached hydrogen (secondary N) is 1. The molecule has 2 rings (SSSR count). The molecule has 8 heteroatoms. The average Bonchev–Trinajstić information content (AvgIpc) is 2.85. The molecule has 2 heterocycles. The normalized spacial score (nSPS) is 28.4. The molecule has 0 spiro atoms. The van der Waals surface area contributed by atoms with E-state index in [-0.39, 0.29) is 17.3 Å². The van der Waals surface area contributed by atoms with Gasteiger partial charge in [0.25, 0.3) is 0 Å². The number of aliphatic carboxylic acids is 1. The lowest BCUT2D eigenvalue weighted by Crippen LogP contribution is -2.66. The third-order valence-corrected chi connectivity index (χ3v) is 5.48. The summed E-state index contributed by atoms with van der Waals surface area (Å²) in [5.41, 5.74) is -0.968. The predicted molar refractivity (Wildman–Crippen MR) is 79.0 cm³/mol. The molecule has 7 nitrogen and oxygen atoms in total. The van der Waals surface area contributed by atoms with E-state index in [4.69, 9.17) is 0 Å². The van der Waals surface area contributed by atoms with Gasteiger partial charge in [-0.1, -0.05) is 6.92 Å². The van der Waals surface area contributed by atoms with Crippen molar-refractivity contribution in [1.29, 1.82) is 0 Å². The molecule has 0 radical (unpaired) electrons. The number of amides is 3. The topological polar surface area (TPSA) is 89.9 Å². The predicted octanol–water partition coefficient (Wildman–Crippen LogP) is 0.555. The SMILES string of the molecule is CCC1SCC(C(=O)O)N1C(=O)N1CCNC(=O)C1(C)C. The van der Waals surface area contributed by atoms with E-state index in [9.17, 15) is 19.5 Å². The molecule has 2 aliphatic heterocycles. The van der Waals surface area contributed by atoms with Crippen LogP contribution < -0.4 is 5.32 Å². The van der Waals surface area contributed by atoms with Crippen molar-refractivity contribution >= 4 is 29.7 Å². The summed E-state index contributed by atoms with van der Waals surface area (Å²) in [5.74, 6) is -0.819. The molecule has 0 aromatic rings. The van der Waals surface area contributed by atoms with E-state index in [2.05, 4.69) is 5.32 Å². The summed E-state index contributed by atoms with van der Waals surface area (Å²) in [6.07, 6.45) is 0.681. The van der Waals surface area contributed by atoms with Crippen LogP contribution in [0.25, 0.3) is 0 Å². The molecule has 2 aliphatic rings. The summed E-state index contributed by atoms with van der Waals surface area (Å²) in [6, 6.07) is -1.19. The first-order valence-corrected chi connectivity index (χ1v) is 8.08. The minimum absolute atomic E-state index is 0.153.